The molecule has 160 valence electrons. The first kappa shape index (κ1) is 20.0. The van der Waals surface area contributed by atoms with Crippen LogP contribution in [0.25, 0.3) is 0 Å². The van der Waals surface area contributed by atoms with Crippen LogP contribution >= 0.6 is 0 Å². The number of hydrogen-bond acceptors (Lipinski definition) is 4. The van der Waals surface area contributed by atoms with E-state index in [2.05, 4.69) is 0 Å². The van der Waals surface area contributed by atoms with Gasteiger partial charge < -0.3 is 9.64 Å². The molecule has 2 aliphatic heterocycles. The summed E-state index contributed by atoms with van der Waals surface area (Å²) in [5.41, 5.74) is 2.31. The van der Waals surface area contributed by atoms with Crippen LogP contribution in [-0.2, 0) is 16.1 Å². The molecule has 0 unspecified atom stereocenters. The third-order valence-electron chi connectivity index (χ3n) is 6.09. The quantitative estimate of drug-likeness (QED) is 0.444. The maximum atomic E-state index is 13.5. The van der Waals surface area contributed by atoms with E-state index < -0.39 is 24.2 Å². The minimum Gasteiger partial charge on any atom is -0.447 e. The van der Waals surface area contributed by atoms with Crippen molar-refractivity contribution in [2.24, 2.45) is 0 Å². The maximum absolute atomic E-state index is 13.5. The molecule has 3 atom stereocenters. The molecule has 0 aliphatic carbocycles. The molecule has 0 aromatic heterocycles. The van der Waals surface area contributed by atoms with Gasteiger partial charge >= 0.3 is 6.09 Å². The highest BCUT2D eigenvalue weighted by molar-refractivity contribution is 6.10. The van der Waals surface area contributed by atoms with E-state index in [-0.39, 0.29) is 18.3 Å². The van der Waals surface area contributed by atoms with Crippen molar-refractivity contribution in [3.8, 4) is 0 Å². The summed E-state index contributed by atoms with van der Waals surface area (Å²) in [6, 6.07) is 25.8. The lowest BCUT2D eigenvalue weighted by atomic mass is 9.85. The van der Waals surface area contributed by atoms with E-state index in [9.17, 15) is 14.4 Å². The second kappa shape index (κ2) is 8.30. The lowest BCUT2D eigenvalue weighted by Crippen LogP contribution is -2.73. The molecule has 0 saturated carbocycles. The fourth-order valence-electron chi connectivity index (χ4n) is 4.49. The number of rotatable bonds is 6. The summed E-state index contributed by atoms with van der Waals surface area (Å²) in [7, 11) is 0. The second-order valence-corrected chi connectivity index (χ2v) is 7.98. The van der Waals surface area contributed by atoms with E-state index in [1.165, 1.54) is 4.90 Å². The Hall–Kier alpha value is -3.93. The Bertz CT molecular complexity index is 1130. The van der Waals surface area contributed by atoms with E-state index >= 15 is 0 Å². The summed E-state index contributed by atoms with van der Waals surface area (Å²) >= 11 is 0. The van der Waals surface area contributed by atoms with Gasteiger partial charge in [0.1, 0.15) is 18.7 Å². The molecular weight excluding hydrogens is 404 g/mol. The molecular formula is C26H22N2O4. The molecule has 2 aliphatic rings. The summed E-state index contributed by atoms with van der Waals surface area (Å²) < 4.78 is 5.33. The van der Waals surface area contributed by atoms with Crippen molar-refractivity contribution >= 4 is 17.8 Å². The molecule has 5 rings (SSSR count). The molecule has 3 aromatic rings. The molecule has 32 heavy (non-hydrogen) atoms. The van der Waals surface area contributed by atoms with Gasteiger partial charge in [-0.25, -0.2) is 4.79 Å². The second-order valence-electron chi connectivity index (χ2n) is 7.98. The minimum absolute atomic E-state index is 0.150. The van der Waals surface area contributed by atoms with Crippen LogP contribution in [0.2, 0.25) is 0 Å². The maximum Gasteiger partial charge on any atom is 0.411 e. The first-order valence-electron chi connectivity index (χ1n) is 10.6. The van der Waals surface area contributed by atoms with E-state index in [1.54, 1.807) is 29.2 Å². The number of cyclic esters (lactones) is 1. The zero-order valence-electron chi connectivity index (χ0n) is 17.3. The first-order valence-corrected chi connectivity index (χ1v) is 10.6. The molecule has 2 fully saturated rings. The Kier molecular flexibility index (Phi) is 5.19. The third-order valence-corrected chi connectivity index (χ3v) is 6.09. The van der Waals surface area contributed by atoms with Gasteiger partial charge in [-0.3, -0.25) is 14.5 Å². The number of hydrogen-bond donors (Lipinski definition) is 0. The largest absolute Gasteiger partial charge is 0.447 e. The summed E-state index contributed by atoms with van der Waals surface area (Å²) in [4.78, 5) is 42.6. The van der Waals surface area contributed by atoms with Crippen LogP contribution < -0.4 is 0 Å². The lowest BCUT2D eigenvalue weighted by Gasteiger charge is -2.50. The highest BCUT2D eigenvalue weighted by Crippen LogP contribution is 2.38. The molecule has 0 spiro atoms. The van der Waals surface area contributed by atoms with Gasteiger partial charge in [-0.2, -0.15) is 0 Å². The number of β-lactam (4-membered cyclic amide) rings is 1. The molecule has 6 heteroatoms. The highest BCUT2D eigenvalue weighted by atomic mass is 16.6. The van der Waals surface area contributed by atoms with Gasteiger partial charge in [0.05, 0.1) is 6.04 Å². The molecule has 3 aromatic carbocycles. The molecule has 2 amide bonds. The number of Topliss-reactive ketones (excluding diaryl/α,β-unsaturated/α-hetero) is 1. The van der Waals surface area contributed by atoms with Crippen molar-refractivity contribution < 1.29 is 19.1 Å². The molecule has 2 heterocycles. The number of likely N-dealkylation sites (tertiary alicyclic amines) is 1. The zero-order valence-corrected chi connectivity index (χ0v) is 17.3. The lowest BCUT2D eigenvalue weighted by molar-refractivity contribution is -0.155. The Labute approximate surface area is 186 Å². The van der Waals surface area contributed by atoms with Crippen LogP contribution in [-0.4, -0.2) is 46.3 Å². The van der Waals surface area contributed by atoms with Gasteiger partial charge in [-0.05, 0) is 11.1 Å². The molecule has 0 radical (unpaired) electrons. The number of carbonyl (C=O) groups is 3. The van der Waals surface area contributed by atoms with Crippen molar-refractivity contribution in [3.05, 3.63) is 108 Å². The first-order chi connectivity index (χ1) is 15.6. The van der Waals surface area contributed by atoms with Crippen LogP contribution in [0.5, 0.6) is 0 Å². The topological polar surface area (TPSA) is 66.9 Å². The number of ether oxygens (including phenoxy) is 1. The number of ketones is 1. The van der Waals surface area contributed by atoms with Crippen LogP contribution in [0.15, 0.2) is 91.0 Å². The average Bonchev–Trinajstić information content (AvgIpc) is 3.22. The average molecular weight is 426 g/mol. The molecule has 0 N–H and O–H groups in total. The van der Waals surface area contributed by atoms with Gasteiger partial charge in [0, 0.05) is 12.1 Å². The van der Waals surface area contributed by atoms with Gasteiger partial charge in [0.15, 0.2) is 5.78 Å². The smallest absolute Gasteiger partial charge is 0.411 e. The predicted molar refractivity (Wildman–Crippen MR) is 118 cm³/mol. The SMILES string of the molecule is O=C(c1ccccc1)[C@@H]1[C@H](N2C(=O)OC[C@@H]2c2ccccc2)C(=O)N1Cc1ccccc1. The van der Waals surface area contributed by atoms with E-state index in [0.717, 1.165) is 11.1 Å². The summed E-state index contributed by atoms with van der Waals surface area (Å²) in [5, 5.41) is 0. The van der Waals surface area contributed by atoms with E-state index in [1.807, 2.05) is 66.7 Å². The van der Waals surface area contributed by atoms with E-state index in [4.69, 9.17) is 4.74 Å². The van der Waals surface area contributed by atoms with Crippen molar-refractivity contribution in [3.63, 3.8) is 0 Å². The van der Waals surface area contributed by atoms with Gasteiger partial charge in [-0.1, -0.05) is 91.0 Å². The summed E-state index contributed by atoms with van der Waals surface area (Å²) in [6.45, 7) is 0.454. The summed E-state index contributed by atoms with van der Waals surface area (Å²) in [6.07, 6.45) is -0.567. The van der Waals surface area contributed by atoms with Gasteiger partial charge in [0.25, 0.3) is 0 Å². The van der Waals surface area contributed by atoms with Gasteiger partial charge in [-0.15, -0.1) is 0 Å². The van der Waals surface area contributed by atoms with Crippen molar-refractivity contribution in [1.29, 1.82) is 0 Å². The highest BCUT2D eigenvalue weighted by Gasteiger charge is 2.58. The summed E-state index contributed by atoms with van der Waals surface area (Å²) in [5.74, 6) is -0.430. The fraction of sp³-hybridized carbons (Fsp3) is 0.192. The normalized spacial score (nSPS) is 22.4. The van der Waals surface area contributed by atoms with Crippen molar-refractivity contribution in [2.45, 2.75) is 24.7 Å². The fourth-order valence-corrected chi connectivity index (χ4v) is 4.49. The Morgan fingerprint density at radius 3 is 2.09 bits per heavy atom. The Morgan fingerprint density at radius 2 is 1.44 bits per heavy atom. The number of nitrogens with zero attached hydrogens (tertiary/aromatic N) is 2. The number of benzene rings is 3. The van der Waals surface area contributed by atoms with Crippen molar-refractivity contribution in [1.82, 2.24) is 9.80 Å². The third kappa shape index (κ3) is 3.43. The van der Waals surface area contributed by atoms with Crippen LogP contribution in [0.3, 0.4) is 0 Å². The van der Waals surface area contributed by atoms with Crippen LogP contribution in [0, 0.1) is 0 Å². The number of amides is 2. The standard InChI is InChI=1S/C26H22N2O4/c29-24(20-14-8-3-9-15-20)22-23(25(30)27(22)16-18-10-4-1-5-11-18)28-21(17-32-26(28)31)19-12-6-2-7-13-19/h1-15,21-23H,16-17H2/t21-,22+,23+/m1/s1. The van der Waals surface area contributed by atoms with Crippen LogP contribution in [0.4, 0.5) is 4.79 Å². The van der Waals surface area contributed by atoms with E-state index in [0.29, 0.717) is 12.1 Å². The van der Waals surface area contributed by atoms with Crippen molar-refractivity contribution in [2.75, 3.05) is 6.61 Å². The Balaban J connectivity index is 1.50. The molecule has 0 bridgehead atoms. The predicted octanol–water partition coefficient (Wildman–Crippen LogP) is 3.84. The van der Waals surface area contributed by atoms with Crippen LogP contribution in [0.1, 0.15) is 27.5 Å². The monoisotopic (exact) mass is 426 g/mol. The minimum atomic E-state index is -0.897. The number of carbonyl (C=O) groups excluding carboxylic acids is 3. The Morgan fingerprint density at radius 1 is 0.844 bits per heavy atom. The zero-order chi connectivity index (χ0) is 22.1. The van der Waals surface area contributed by atoms with Gasteiger partial charge in [0.2, 0.25) is 5.91 Å². The molecule has 6 nitrogen and oxygen atoms in total. The molecule has 2 saturated heterocycles.